The molecule has 0 aromatic rings. The number of nitrogens with zero attached hydrogens (tertiary/aromatic N) is 1. The van der Waals surface area contributed by atoms with E-state index in [0.29, 0.717) is 19.0 Å². The summed E-state index contributed by atoms with van der Waals surface area (Å²) in [5.74, 6) is 0.147. The second-order valence-electron chi connectivity index (χ2n) is 5.26. The van der Waals surface area contributed by atoms with Gasteiger partial charge < -0.3 is 0 Å². The zero-order chi connectivity index (χ0) is 11.6. The summed E-state index contributed by atoms with van der Waals surface area (Å²) >= 11 is 0. The predicted octanol–water partition coefficient (Wildman–Crippen LogP) is 0.627. The van der Waals surface area contributed by atoms with Crippen LogP contribution in [0, 0.1) is 11.3 Å². The van der Waals surface area contributed by atoms with Gasteiger partial charge in [-0.05, 0) is 11.3 Å². The third-order valence-corrected chi connectivity index (χ3v) is 3.21. The first-order chi connectivity index (χ1) is 6.81. The molecule has 0 aliphatic carbocycles. The first-order valence-corrected chi connectivity index (χ1v) is 5.36. The van der Waals surface area contributed by atoms with E-state index < -0.39 is 0 Å². The van der Waals surface area contributed by atoms with Gasteiger partial charge in [0.2, 0.25) is 11.8 Å². The summed E-state index contributed by atoms with van der Waals surface area (Å²) in [6.07, 6.45) is 0. The first kappa shape index (κ1) is 12.2. The van der Waals surface area contributed by atoms with Gasteiger partial charge in [0, 0.05) is 6.54 Å². The standard InChI is InChI=1S/C11H20N2O2/c1-8(2)11(3,4)7-13-5-9(14)12-10(15)6-13/h8H,5-7H2,1-4H3,(H,12,14,15). The van der Waals surface area contributed by atoms with E-state index in [1.54, 1.807) is 0 Å². The lowest BCUT2D eigenvalue weighted by Gasteiger charge is -2.36. The molecular formula is C11H20N2O2. The summed E-state index contributed by atoms with van der Waals surface area (Å²) in [7, 11) is 0. The van der Waals surface area contributed by atoms with Crippen LogP contribution in [0.1, 0.15) is 27.7 Å². The zero-order valence-corrected chi connectivity index (χ0v) is 9.96. The van der Waals surface area contributed by atoms with Crippen LogP contribution >= 0.6 is 0 Å². The molecular weight excluding hydrogens is 192 g/mol. The lowest BCUT2D eigenvalue weighted by Crippen LogP contribution is -2.53. The molecule has 0 spiro atoms. The molecule has 1 N–H and O–H groups in total. The molecule has 86 valence electrons. The number of rotatable bonds is 3. The van der Waals surface area contributed by atoms with Crippen molar-refractivity contribution >= 4 is 11.8 Å². The topological polar surface area (TPSA) is 49.4 Å². The van der Waals surface area contributed by atoms with Gasteiger partial charge in [-0.3, -0.25) is 19.8 Å². The molecule has 1 heterocycles. The highest BCUT2D eigenvalue weighted by Gasteiger charge is 2.30. The fourth-order valence-corrected chi connectivity index (χ4v) is 1.57. The molecule has 0 radical (unpaired) electrons. The number of carbonyl (C=O) groups excluding carboxylic acids is 2. The van der Waals surface area contributed by atoms with E-state index in [1.807, 2.05) is 4.90 Å². The molecule has 4 nitrogen and oxygen atoms in total. The summed E-state index contributed by atoms with van der Waals surface area (Å²) < 4.78 is 0. The minimum Gasteiger partial charge on any atom is -0.294 e. The lowest BCUT2D eigenvalue weighted by atomic mass is 9.80. The Kier molecular flexibility index (Phi) is 3.50. The largest absolute Gasteiger partial charge is 0.294 e. The fraction of sp³-hybridized carbons (Fsp3) is 0.818. The van der Waals surface area contributed by atoms with Crippen molar-refractivity contribution in [3.63, 3.8) is 0 Å². The van der Waals surface area contributed by atoms with E-state index in [1.165, 1.54) is 0 Å². The van der Waals surface area contributed by atoms with E-state index in [2.05, 4.69) is 33.0 Å². The van der Waals surface area contributed by atoms with Crippen LogP contribution < -0.4 is 5.32 Å². The molecule has 0 aromatic heterocycles. The number of piperazine rings is 1. The molecule has 0 unspecified atom stereocenters. The maximum absolute atomic E-state index is 11.2. The van der Waals surface area contributed by atoms with Gasteiger partial charge in [-0.25, -0.2) is 0 Å². The van der Waals surface area contributed by atoms with Crippen molar-refractivity contribution in [1.29, 1.82) is 0 Å². The molecule has 15 heavy (non-hydrogen) atoms. The molecule has 4 heteroatoms. The average Bonchev–Trinajstić information content (AvgIpc) is 1.99. The molecule has 0 saturated carbocycles. The van der Waals surface area contributed by atoms with Gasteiger partial charge in [-0.15, -0.1) is 0 Å². The molecule has 0 atom stereocenters. The van der Waals surface area contributed by atoms with Crippen molar-refractivity contribution in [3.8, 4) is 0 Å². The normalized spacial score (nSPS) is 19.5. The van der Waals surface area contributed by atoms with Crippen LogP contribution in [0.25, 0.3) is 0 Å². The van der Waals surface area contributed by atoms with E-state index in [9.17, 15) is 9.59 Å². The average molecular weight is 212 g/mol. The Morgan fingerprint density at radius 3 is 2.13 bits per heavy atom. The Bertz CT molecular complexity index is 256. The van der Waals surface area contributed by atoms with Crippen molar-refractivity contribution in [1.82, 2.24) is 10.2 Å². The van der Waals surface area contributed by atoms with Gasteiger partial charge >= 0.3 is 0 Å². The summed E-state index contributed by atoms with van der Waals surface area (Å²) in [5, 5.41) is 2.30. The second-order valence-corrected chi connectivity index (χ2v) is 5.26. The maximum Gasteiger partial charge on any atom is 0.240 e. The number of hydrogen-bond donors (Lipinski definition) is 1. The summed E-state index contributed by atoms with van der Waals surface area (Å²) in [6.45, 7) is 10.1. The van der Waals surface area contributed by atoms with Crippen LogP contribution in [0.15, 0.2) is 0 Å². The molecule has 1 saturated heterocycles. The lowest BCUT2D eigenvalue weighted by molar-refractivity contribution is -0.136. The van der Waals surface area contributed by atoms with Crippen LogP contribution in [0.2, 0.25) is 0 Å². The SMILES string of the molecule is CC(C)C(C)(C)CN1CC(=O)NC(=O)C1. The second kappa shape index (κ2) is 4.31. The summed E-state index contributed by atoms with van der Waals surface area (Å²) in [5.41, 5.74) is 0.123. The van der Waals surface area contributed by atoms with Gasteiger partial charge in [-0.2, -0.15) is 0 Å². The van der Waals surface area contributed by atoms with Gasteiger partial charge in [0.15, 0.2) is 0 Å². The number of amides is 2. The van der Waals surface area contributed by atoms with Crippen molar-refractivity contribution < 1.29 is 9.59 Å². The van der Waals surface area contributed by atoms with E-state index in [-0.39, 0.29) is 17.2 Å². The maximum atomic E-state index is 11.2. The van der Waals surface area contributed by atoms with Crippen LogP contribution in [-0.2, 0) is 9.59 Å². The van der Waals surface area contributed by atoms with Gasteiger partial charge in [0.1, 0.15) is 0 Å². The molecule has 2 amide bonds. The van der Waals surface area contributed by atoms with Crippen molar-refractivity contribution in [2.45, 2.75) is 27.7 Å². The third kappa shape index (κ3) is 3.30. The van der Waals surface area contributed by atoms with Crippen molar-refractivity contribution in [3.05, 3.63) is 0 Å². The van der Waals surface area contributed by atoms with E-state index in [4.69, 9.17) is 0 Å². The Morgan fingerprint density at radius 2 is 1.73 bits per heavy atom. The van der Waals surface area contributed by atoms with Crippen LogP contribution in [0.4, 0.5) is 0 Å². The molecule has 1 rings (SSSR count). The van der Waals surface area contributed by atoms with Crippen LogP contribution in [0.5, 0.6) is 0 Å². The number of imide groups is 1. The first-order valence-electron chi connectivity index (χ1n) is 5.36. The predicted molar refractivity (Wildman–Crippen MR) is 58.2 cm³/mol. The van der Waals surface area contributed by atoms with E-state index in [0.717, 1.165) is 6.54 Å². The Balaban J connectivity index is 2.58. The van der Waals surface area contributed by atoms with Gasteiger partial charge in [0.05, 0.1) is 13.1 Å². The quantitative estimate of drug-likeness (QED) is 0.698. The zero-order valence-electron chi connectivity index (χ0n) is 9.96. The Labute approximate surface area is 91.0 Å². The van der Waals surface area contributed by atoms with E-state index >= 15 is 0 Å². The number of hydrogen-bond acceptors (Lipinski definition) is 3. The van der Waals surface area contributed by atoms with Gasteiger partial charge in [-0.1, -0.05) is 27.7 Å². The minimum atomic E-state index is -0.189. The fourth-order valence-electron chi connectivity index (χ4n) is 1.57. The highest BCUT2D eigenvalue weighted by molar-refractivity contribution is 5.99. The monoisotopic (exact) mass is 212 g/mol. The van der Waals surface area contributed by atoms with Crippen molar-refractivity contribution in [2.24, 2.45) is 11.3 Å². The molecule has 0 bridgehead atoms. The highest BCUT2D eigenvalue weighted by atomic mass is 16.2. The minimum absolute atomic E-state index is 0.123. The summed E-state index contributed by atoms with van der Waals surface area (Å²) in [6, 6.07) is 0. The van der Waals surface area contributed by atoms with Crippen LogP contribution in [0.3, 0.4) is 0 Å². The number of nitrogens with one attached hydrogen (secondary N) is 1. The Hall–Kier alpha value is -0.900. The molecule has 1 aliphatic heterocycles. The Morgan fingerprint density at radius 1 is 1.27 bits per heavy atom. The third-order valence-electron chi connectivity index (χ3n) is 3.21. The molecule has 0 aromatic carbocycles. The highest BCUT2D eigenvalue weighted by Crippen LogP contribution is 2.27. The molecule has 1 fully saturated rings. The number of carbonyl (C=O) groups is 2. The van der Waals surface area contributed by atoms with Crippen molar-refractivity contribution in [2.75, 3.05) is 19.6 Å². The smallest absolute Gasteiger partial charge is 0.240 e. The van der Waals surface area contributed by atoms with Crippen LogP contribution in [-0.4, -0.2) is 36.3 Å². The molecule has 1 aliphatic rings. The summed E-state index contributed by atoms with van der Waals surface area (Å²) in [4.78, 5) is 24.2. The van der Waals surface area contributed by atoms with Gasteiger partial charge in [0.25, 0.3) is 0 Å².